The summed E-state index contributed by atoms with van der Waals surface area (Å²) in [6, 6.07) is 6.76. The summed E-state index contributed by atoms with van der Waals surface area (Å²) in [4.78, 5) is 28.2. The Morgan fingerprint density at radius 1 is 1.44 bits per heavy atom. The molecule has 0 spiro atoms. The van der Waals surface area contributed by atoms with E-state index in [-0.39, 0.29) is 35.9 Å². The van der Waals surface area contributed by atoms with Crippen LogP contribution in [0.15, 0.2) is 29.2 Å². The first kappa shape index (κ1) is 20.3. The molecule has 3 rings (SSSR count). The number of sulfone groups is 1. The van der Waals surface area contributed by atoms with Crippen LogP contribution in [0, 0.1) is 0 Å². The van der Waals surface area contributed by atoms with Crippen LogP contribution in [0.3, 0.4) is 0 Å². The molecule has 0 aromatic heterocycles. The molecular formula is C17H17ClN2O4S3. The highest BCUT2D eigenvalue weighted by Gasteiger charge is 2.37. The van der Waals surface area contributed by atoms with Crippen molar-refractivity contribution in [3.63, 3.8) is 0 Å². The first-order valence-electron chi connectivity index (χ1n) is 8.14. The Bertz CT molecular complexity index is 945. The number of nitrogens with zero attached hydrogens (tertiary/aromatic N) is 2. The van der Waals surface area contributed by atoms with Crippen molar-refractivity contribution in [2.24, 2.45) is 0 Å². The second-order valence-corrected chi connectivity index (χ2v) is 10.7. The van der Waals surface area contributed by atoms with E-state index in [0.29, 0.717) is 26.2 Å². The van der Waals surface area contributed by atoms with E-state index in [4.69, 9.17) is 23.8 Å². The summed E-state index contributed by atoms with van der Waals surface area (Å²) in [6.45, 7) is -0.211. The predicted molar refractivity (Wildman–Crippen MR) is 111 cm³/mol. The third kappa shape index (κ3) is 4.53. The number of likely N-dealkylation sites (N-methyl/N-ethyl adjacent to an activating group) is 1. The van der Waals surface area contributed by atoms with Gasteiger partial charge in [-0.05, 0) is 24.1 Å². The van der Waals surface area contributed by atoms with Gasteiger partial charge in [-0.25, -0.2) is 8.42 Å². The summed E-state index contributed by atoms with van der Waals surface area (Å²) in [5.41, 5.74) is 0.694. The molecule has 0 unspecified atom stereocenters. The third-order valence-electron chi connectivity index (χ3n) is 4.51. The third-order valence-corrected chi connectivity index (χ3v) is 7.98. The van der Waals surface area contributed by atoms with Crippen molar-refractivity contribution in [3.05, 3.63) is 39.8 Å². The predicted octanol–water partition coefficient (Wildman–Crippen LogP) is 2.19. The van der Waals surface area contributed by atoms with Crippen molar-refractivity contribution in [1.82, 2.24) is 9.80 Å². The van der Waals surface area contributed by atoms with Crippen LogP contribution in [-0.4, -0.2) is 65.5 Å². The van der Waals surface area contributed by atoms with Crippen LogP contribution in [0.4, 0.5) is 0 Å². The highest BCUT2D eigenvalue weighted by molar-refractivity contribution is 8.26. The fraction of sp³-hybridized carbons (Fsp3) is 0.353. The smallest absolute Gasteiger partial charge is 0.266 e. The summed E-state index contributed by atoms with van der Waals surface area (Å²) >= 11 is 12.5. The topological polar surface area (TPSA) is 74.8 Å². The van der Waals surface area contributed by atoms with Gasteiger partial charge in [0.25, 0.3) is 5.91 Å². The zero-order valence-corrected chi connectivity index (χ0v) is 17.6. The molecule has 0 radical (unpaired) electrons. The van der Waals surface area contributed by atoms with E-state index in [0.717, 1.165) is 11.8 Å². The quantitative estimate of drug-likeness (QED) is 0.523. The molecule has 2 amide bonds. The maximum absolute atomic E-state index is 12.7. The number of halogens is 1. The van der Waals surface area contributed by atoms with Gasteiger partial charge in [-0.15, -0.1) is 0 Å². The van der Waals surface area contributed by atoms with Crippen molar-refractivity contribution in [3.8, 4) is 0 Å². The highest BCUT2D eigenvalue weighted by Crippen LogP contribution is 2.33. The van der Waals surface area contributed by atoms with Crippen LogP contribution in [0.25, 0.3) is 6.08 Å². The maximum atomic E-state index is 12.7. The first-order valence-corrected chi connectivity index (χ1v) is 11.6. The molecule has 0 bridgehead atoms. The van der Waals surface area contributed by atoms with Gasteiger partial charge in [0.2, 0.25) is 5.91 Å². The summed E-state index contributed by atoms with van der Waals surface area (Å²) in [5, 5.41) is 0.515. The Morgan fingerprint density at radius 2 is 2.15 bits per heavy atom. The Hall–Kier alpha value is -1.42. The fourth-order valence-corrected chi connectivity index (χ4v) is 6.11. The maximum Gasteiger partial charge on any atom is 0.266 e. The Morgan fingerprint density at radius 3 is 2.78 bits per heavy atom. The molecule has 1 aromatic carbocycles. The van der Waals surface area contributed by atoms with Crippen molar-refractivity contribution < 1.29 is 18.0 Å². The van der Waals surface area contributed by atoms with Crippen LogP contribution in [0.5, 0.6) is 0 Å². The van der Waals surface area contributed by atoms with Crippen molar-refractivity contribution in [1.29, 1.82) is 0 Å². The van der Waals surface area contributed by atoms with E-state index < -0.39 is 9.84 Å². The van der Waals surface area contributed by atoms with Crippen LogP contribution in [-0.2, 0) is 19.4 Å². The zero-order valence-electron chi connectivity index (χ0n) is 14.4. The van der Waals surface area contributed by atoms with Gasteiger partial charge in [0.15, 0.2) is 9.84 Å². The molecule has 0 saturated carbocycles. The second kappa shape index (κ2) is 7.90. The Balaban J connectivity index is 1.70. The number of rotatable bonds is 4. The van der Waals surface area contributed by atoms with Gasteiger partial charge in [-0.2, -0.15) is 0 Å². The molecule has 144 valence electrons. The molecule has 0 N–H and O–H groups in total. The van der Waals surface area contributed by atoms with E-state index in [1.54, 1.807) is 31.3 Å². The summed E-state index contributed by atoms with van der Waals surface area (Å²) in [6.07, 6.45) is 2.06. The lowest BCUT2D eigenvalue weighted by Gasteiger charge is -2.25. The molecule has 27 heavy (non-hydrogen) atoms. The lowest BCUT2D eigenvalue weighted by atomic mass is 10.2. The molecule has 6 nitrogen and oxygen atoms in total. The number of thiocarbonyl (C=S) groups is 1. The molecular weight excluding hydrogens is 428 g/mol. The minimum atomic E-state index is -3.10. The Kier molecular flexibility index (Phi) is 5.95. The molecule has 10 heteroatoms. The molecule has 2 heterocycles. The number of hydrogen-bond donors (Lipinski definition) is 0. The van der Waals surface area contributed by atoms with Crippen LogP contribution in [0.1, 0.15) is 12.0 Å². The summed E-state index contributed by atoms with van der Waals surface area (Å²) < 4.78 is 23.5. The lowest BCUT2D eigenvalue weighted by Crippen LogP contribution is -2.45. The number of carbonyl (C=O) groups is 2. The van der Waals surface area contributed by atoms with Gasteiger partial charge in [0.1, 0.15) is 10.9 Å². The molecule has 2 saturated heterocycles. The lowest BCUT2D eigenvalue weighted by molar-refractivity contribution is -0.135. The van der Waals surface area contributed by atoms with Crippen molar-refractivity contribution in [2.45, 2.75) is 12.5 Å². The van der Waals surface area contributed by atoms with E-state index in [1.807, 2.05) is 6.07 Å². The average Bonchev–Trinajstić information content (AvgIpc) is 3.10. The van der Waals surface area contributed by atoms with E-state index in [2.05, 4.69) is 0 Å². The molecule has 0 aliphatic carbocycles. The molecule has 2 fully saturated rings. The standard InChI is InChI=1S/C17H17ClN2O4S3/c1-19(12-6-7-27(23,24)10-12)15(21)9-20-16(22)14(26-17(20)25)8-11-4-2-3-5-13(11)18/h2-5,8,12H,6-7,9-10H2,1H3/b14-8+/t12-/m1/s1. The van der Waals surface area contributed by atoms with Crippen LogP contribution >= 0.6 is 35.6 Å². The number of carbonyl (C=O) groups excluding carboxylic acids is 2. The van der Waals surface area contributed by atoms with Gasteiger partial charge in [-0.1, -0.05) is 53.8 Å². The highest BCUT2D eigenvalue weighted by atomic mass is 35.5. The number of hydrogen-bond acceptors (Lipinski definition) is 6. The van der Waals surface area contributed by atoms with Crippen LogP contribution < -0.4 is 0 Å². The van der Waals surface area contributed by atoms with Gasteiger partial charge in [-0.3, -0.25) is 14.5 Å². The minimum absolute atomic E-state index is 0.0416. The van der Waals surface area contributed by atoms with Gasteiger partial charge < -0.3 is 4.90 Å². The van der Waals surface area contributed by atoms with Crippen molar-refractivity contribution in [2.75, 3.05) is 25.1 Å². The SMILES string of the molecule is CN(C(=O)CN1C(=O)/C(=C\c2ccccc2Cl)SC1=S)[C@@H]1CCS(=O)(=O)C1. The van der Waals surface area contributed by atoms with Gasteiger partial charge in [0, 0.05) is 18.1 Å². The minimum Gasteiger partial charge on any atom is -0.340 e. The average molecular weight is 445 g/mol. The number of thioether (sulfide) groups is 1. The monoisotopic (exact) mass is 444 g/mol. The Labute approximate surface area is 172 Å². The summed E-state index contributed by atoms with van der Waals surface area (Å²) in [5.74, 6) is -0.658. The second-order valence-electron chi connectivity index (χ2n) is 6.35. The van der Waals surface area contributed by atoms with E-state index in [9.17, 15) is 18.0 Å². The number of benzene rings is 1. The summed E-state index contributed by atoms with van der Waals surface area (Å²) in [7, 11) is -1.54. The fourth-order valence-electron chi connectivity index (χ4n) is 2.90. The number of amides is 2. The molecule has 2 aliphatic rings. The van der Waals surface area contributed by atoms with Crippen LogP contribution in [0.2, 0.25) is 5.02 Å². The van der Waals surface area contributed by atoms with E-state index >= 15 is 0 Å². The first-order chi connectivity index (χ1) is 12.7. The van der Waals surface area contributed by atoms with E-state index in [1.165, 1.54) is 9.80 Å². The zero-order chi connectivity index (χ0) is 19.8. The van der Waals surface area contributed by atoms with Gasteiger partial charge in [0.05, 0.1) is 16.4 Å². The van der Waals surface area contributed by atoms with Gasteiger partial charge >= 0.3 is 0 Å². The molecule has 1 atom stereocenters. The normalized spacial score (nSPS) is 23.3. The molecule has 2 aliphatic heterocycles. The largest absolute Gasteiger partial charge is 0.340 e. The molecule has 1 aromatic rings. The van der Waals surface area contributed by atoms with Crippen molar-refractivity contribution >= 4 is 67.6 Å².